The second kappa shape index (κ2) is 7.19. The minimum Gasteiger partial charge on any atom is -0.369 e. The van der Waals surface area contributed by atoms with Crippen molar-refractivity contribution in [1.29, 1.82) is 0 Å². The number of rotatable bonds is 4. The molecule has 1 aliphatic heterocycles. The Bertz CT molecular complexity index is 756. The zero-order valence-corrected chi connectivity index (χ0v) is 14.4. The van der Waals surface area contributed by atoms with Crippen LogP contribution in [-0.2, 0) is 4.79 Å². The van der Waals surface area contributed by atoms with Gasteiger partial charge in [0.05, 0.1) is 10.7 Å². The van der Waals surface area contributed by atoms with E-state index in [1.807, 2.05) is 18.2 Å². The minimum absolute atomic E-state index is 0.124. The first-order valence-corrected chi connectivity index (χ1v) is 8.86. The SMILES string of the molecule is NC(=O)C1CCN(C(=O)c2csc(Nc3ccccc3Cl)n2)CC1. The number of nitrogens with one attached hydrogen (secondary N) is 1. The number of hydrogen-bond acceptors (Lipinski definition) is 5. The van der Waals surface area contributed by atoms with Crippen LogP contribution in [0.4, 0.5) is 10.8 Å². The number of likely N-dealkylation sites (tertiary alicyclic amines) is 1. The predicted octanol–water partition coefficient (Wildman–Crippen LogP) is 2.88. The summed E-state index contributed by atoms with van der Waals surface area (Å²) in [7, 11) is 0. The van der Waals surface area contributed by atoms with Crippen LogP contribution in [0.25, 0.3) is 0 Å². The molecule has 0 spiro atoms. The van der Waals surface area contributed by atoms with Crippen LogP contribution in [0.3, 0.4) is 0 Å². The fourth-order valence-electron chi connectivity index (χ4n) is 2.64. The summed E-state index contributed by atoms with van der Waals surface area (Å²) in [6, 6.07) is 7.35. The zero-order valence-electron chi connectivity index (χ0n) is 12.9. The smallest absolute Gasteiger partial charge is 0.273 e. The summed E-state index contributed by atoms with van der Waals surface area (Å²) in [6.45, 7) is 1.05. The summed E-state index contributed by atoms with van der Waals surface area (Å²) < 4.78 is 0. The highest BCUT2D eigenvalue weighted by Crippen LogP contribution is 2.27. The van der Waals surface area contributed by atoms with Crippen molar-refractivity contribution < 1.29 is 9.59 Å². The van der Waals surface area contributed by atoms with Gasteiger partial charge >= 0.3 is 0 Å². The van der Waals surface area contributed by atoms with Crippen molar-refractivity contribution in [3.05, 3.63) is 40.4 Å². The summed E-state index contributed by atoms with van der Waals surface area (Å²) in [6.07, 6.45) is 1.21. The molecule has 1 saturated heterocycles. The highest BCUT2D eigenvalue weighted by molar-refractivity contribution is 7.14. The van der Waals surface area contributed by atoms with Gasteiger partial charge in [-0.1, -0.05) is 23.7 Å². The topological polar surface area (TPSA) is 88.3 Å². The Labute approximate surface area is 148 Å². The molecule has 2 amide bonds. The molecule has 1 fully saturated rings. The van der Waals surface area contributed by atoms with Crippen LogP contribution in [-0.4, -0.2) is 34.8 Å². The van der Waals surface area contributed by atoms with E-state index in [1.54, 1.807) is 16.3 Å². The molecule has 3 N–H and O–H groups in total. The number of nitrogens with two attached hydrogens (primary N) is 1. The van der Waals surface area contributed by atoms with Gasteiger partial charge in [-0.3, -0.25) is 9.59 Å². The molecule has 0 atom stereocenters. The van der Waals surface area contributed by atoms with E-state index in [1.165, 1.54) is 11.3 Å². The lowest BCUT2D eigenvalue weighted by molar-refractivity contribution is -0.123. The van der Waals surface area contributed by atoms with E-state index < -0.39 is 0 Å². The zero-order chi connectivity index (χ0) is 17.1. The molecule has 126 valence electrons. The third-order valence-electron chi connectivity index (χ3n) is 4.02. The predicted molar refractivity (Wildman–Crippen MR) is 94.7 cm³/mol. The molecular weight excluding hydrogens is 348 g/mol. The average Bonchev–Trinajstić information content (AvgIpc) is 3.05. The normalized spacial score (nSPS) is 15.3. The van der Waals surface area contributed by atoms with E-state index in [-0.39, 0.29) is 17.7 Å². The molecular formula is C16H17ClN4O2S. The van der Waals surface area contributed by atoms with Crippen LogP contribution in [0, 0.1) is 5.92 Å². The van der Waals surface area contributed by atoms with Crippen molar-refractivity contribution in [2.24, 2.45) is 11.7 Å². The molecule has 0 unspecified atom stereocenters. The molecule has 1 aliphatic rings. The van der Waals surface area contributed by atoms with Gasteiger partial charge in [-0.2, -0.15) is 0 Å². The number of nitrogens with zero attached hydrogens (tertiary/aromatic N) is 2. The van der Waals surface area contributed by atoms with E-state index in [4.69, 9.17) is 17.3 Å². The molecule has 0 aliphatic carbocycles. The Morgan fingerprint density at radius 1 is 1.29 bits per heavy atom. The summed E-state index contributed by atoms with van der Waals surface area (Å²) in [5, 5.41) is 6.04. The number of para-hydroxylation sites is 1. The van der Waals surface area contributed by atoms with Gasteiger partial charge in [-0.05, 0) is 25.0 Å². The third kappa shape index (κ3) is 3.68. The number of hydrogen-bond donors (Lipinski definition) is 2. The maximum absolute atomic E-state index is 12.5. The monoisotopic (exact) mass is 364 g/mol. The van der Waals surface area contributed by atoms with Crippen LogP contribution in [0.15, 0.2) is 29.6 Å². The summed E-state index contributed by atoms with van der Waals surface area (Å²) in [5.74, 6) is -0.551. The highest BCUT2D eigenvalue weighted by atomic mass is 35.5. The van der Waals surface area contributed by atoms with Crippen molar-refractivity contribution in [3.63, 3.8) is 0 Å². The first kappa shape index (κ1) is 16.7. The Morgan fingerprint density at radius 3 is 2.67 bits per heavy atom. The van der Waals surface area contributed by atoms with E-state index in [9.17, 15) is 9.59 Å². The second-order valence-electron chi connectivity index (χ2n) is 5.61. The van der Waals surface area contributed by atoms with Crippen LogP contribution in [0.2, 0.25) is 5.02 Å². The van der Waals surface area contributed by atoms with Gasteiger partial charge in [0, 0.05) is 24.4 Å². The number of benzene rings is 1. The molecule has 3 rings (SSSR count). The van der Waals surface area contributed by atoms with Gasteiger partial charge in [-0.15, -0.1) is 11.3 Å². The number of carbonyl (C=O) groups excluding carboxylic acids is 2. The van der Waals surface area contributed by atoms with Crippen LogP contribution < -0.4 is 11.1 Å². The van der Waals surface area contributed by atoms with E-state index >= 15 is 0 Å². The first-order chi connectivity index (χ1) is 11.5. The fourth-order valence-corrected chi connectivity index (χ4v) is 3.52. The molecule has 24 heavy (non-hydrogen) atoms. The molecule has 6 nitrogen and oxygen atoms in total. The van der Waals surface area contributed by atoms with Gasteiger partial charge in [-0.25, -0.2) is 4.98 Å². The van der Waals surface area contributed by atoms with E-state index in [2.05, 4.69) is 10.3 Å². The Morgan fingerprint density at radius 2 is 2.00 bits per heavy atom. The maximum Gasteiger partial charge on any atom is 0.273 e. The molecule has 2 aromatic rings. The standard InChI is InChI=1S/C16H17ClN4O2S/c17-11-3-1-2-4-12(11)19-16-20-13(9-24-16)15(23)21-7-5-10(6-8-21)14(18)22/h1-4,9-10H,5-8H2,(H2,18,22)(H,19,20). The molecule has 1 aromatic carbocycles. The Balaban J connectivity index is 1.64. The van der Waals surface area contributed by atoms with E-state index in [0.29, 0.717) is 41.8 Å². The molecule has 0 bridgehead atoms. The van der Waals surface area contributed by atoms with Crippen molar-refractivity contribution in [3.8, 4) is 0 Å². The van der Waals surface area contributed by atoms with Crippen molar-refractivity contribution >= 4 is 45.6 Å². The number of aromatic nitrogens is 1. The lowest BCUT2D eigenvalue weighted by atomic mass is 9.96. The number of thiazole rings is 1. The lowest BCUT2D eigenvalue weighted by Gasteiger charge is -2.30. The van der Waals surface area contributed by atoms with Gasteiger partial charge in [0.2, 0.25) is 5.91 Å². The molecule has 2 heterocycles. The van der Waals surface area contributed by atoms with Crippen molar-refractivity contribution in [1.82, 2.24) is 9.88 Å². The number of piperidine rings is 1. The minimum atomic E-state index is -0.290. The second-order valence-corrected chi connectivity index (χ2v) is 6.88. The summed E-state index contributed by atoms with van der Waals surface area (Å²) >= 11 is 7.45. The first-order valence-electron chi connectivity index (χ1n) is 7.60. The number of primary amides is 1. The summed E-state index contributed by atoms with van der Waals surface area (Å²) in [4.78, 5) is 29.8. The molecule has 1 aromatic heterocycles. The van der Waals surface area contributed by atoms with Crippen LogP contribution in [0.1, 0.15) is 23.3 Å². The largest absolute Gasteiger partial charge is 0.369 e. The molecule has 0 radical (unpaired) electrons. The van der Waals surface area contributed by atoms with Crippen molar-refractivity contribution in [2.45, 2.75) is 12.8 Å². The van der Waals surface area contributed by atoms with Gasteiger partial charge in [0.1, 0.15) is 5.69 Å². The molecule has 8 heteroatoms. The van der Waals surface area contributed by atoms with Crippen LogP contribution in [0.5, 0.6) is 0 Å². The Hall–Kier alpha value is -2.12. The number of anilines is 2. The highest BCUT2D eigenvalue weighted by Gasteiger charge is 2.27. The average molecular weight is 365 g/mol. The molecule has 0 saturated carbocycles. The summed E-state index contributed by atoms with van der Waals surface area (Å²) in [5.41, 5.74) is 6.46. The quantitative estimate of drug-likeness (QED) is 0.873. The van der Waals surface area contributed by atoms with E-state index in [0.717, 1.165) is 5.69 Å². The van der Waals surface area contributed by atoms with Crippen LogP contribution >= 0.6 is 22.9 Å². The fraction of sp³-hybridized carbons (Fsp3) is 0.312. The van der Waals surface area contributed by atoms with Gasteiger partial charge < -0.3 is 16.0 Å². The number of halogens is 1. The van der Waals surface area contributed by atoms with Gasteiger partial charge in [0.15, 0.2) is 5.13 Å². The number of amides is 2. The Kier molecular flexibility index (Phi) is 5.01. The maximum atomic E-state index is 12.5. The number of carbonyl (C=O) groups is 2. The third-order valence-corrected chi connectivity index (χ3v) is 5.11. The van der Waals surface area contributed by atoms with Gasteiger partial charge in [0.25, 0.3) is 5.91 Å². The van der Waals surface area contributed by atoms with Crippen molar-refractivity contribution in [2.75, 3.05) is 18.4 Å². The lowest BCUT2D eigenvalue weighted by Crippen LogP contribution is -2.41.